The summed E-state index contributed by atoms with van der Waals surface area (Å²) in [6.45, 7) is 10.6. The Labute approximate surface area is 194 Å². The van der Waals surface area contributed by atoms with Gasteiger partial charge >= 0.3 is 5.97 Å². The summed E-state index contributed by atoms with van der Waals surface area (Å²) in [5.41, 5.74) is 3.67. The Kier molecular flexibility index (Phi) is 9.77. The molecule has 1 heterocycles. The molecule has 0 aromatic heterocycles. The standard InChI is InChI=1S/C15H23NO.C13H18O2/c1-3-15(9-4-5-10-16(2)12-15)13-7-6-8-14(17)11-13;1-9(2)8-11-4-6-12(7-5-11)10(3)13(14)15/h6-8,11,17H,3-5,9-10,12H2,1-2H3;4-7,9-10H,8H2,1-3H3,(H,14,15). The van der Waals surface area contributed by atoms with Gasteiger partial charge in [-0.25, -0.2) is 0 Å². The van der Waals surface area contributed by atoms with Crippen molar-refractivity contribution < 1.29 is 15.0 Å². The zero-order valence-electron chi connectivity index (χ0n) is 20.5. The van der Waals surface area contributed by atoms with Crippen LogP contribution in [0.2, 0.25) is 0 Å². The number of hydrogen-bond donors (Lipinski definition) is 2. The van der Waals surface area contributed by atoms with Crippen LogP contribution in [0.5, 0.6) is 5.75 Å². The lowest BCUT2D eigenvalue weighted by atomic mass is 9.74. The highest BCUT2D eigenvalue weighted by atomic mass is 16.4. The molecule has 4 nitrogen and oxygen atoms in total. The van der Waals surface area contributed by atoms with E-state index in [1.54, 1.807) is 13.0 Å². The smallest absolute Gasteiger partial charge is 0.310 e. The predicted molar refractivity (Wildman–Crippen MR) is 132 cm³/mol. The number of hydrogen-bond acceptors (Lipinski definition) is 3. The summed E-state index contributed by atoms with van der Waals surface area (Å²) in [4.78, 5) is 13.2. The second-order valence-electron chi connectivity index (χ2n) is 9.78. The Morgan fingerprint density at radius 2 is 1.78 bits per heavy atom. The molecule has 32 heavy (non-hydrogen) atoms. The molecule has 1 aliphatic rings. The van der Waals surface area contributed by atoms with Crippen LogP contribution in [-0.2, 0) is 16.6 Å². The van der Waals surface area contributed by atoms with E-state index in [4.69, 9.17) is 5.11 Å². The highest BCUT2D eigenvalue weighted by Gasteiger charge is 2.33. The number of carbonyl (C=O) groups is 1. The van der Waals surface area contributed by atoms with E-state index in [1.165, 1.54) is 36.9 Å². The molecule has 0 saturated carbocycles. The molecule has 176 valence electrons. The van der Waals surface area contributed by atoms with E-state index in [-0.39, 0.29) is 5.41 Å². The van der Waals surface area contributed by atoms with Gasteiger partial charge in [-0.2, -0.15) is 0 Å². The van der Waals surface area contributed by atoms with E-state index in [0.29, 0.717) is 11.7 Å². The van der Waals surface area contributed by atoms with Crippen LogP contribution in [0.1, 0.15) is 76.0 Å². The van der Waals surface area contributed by atoms with Crippen molar-refractivity contribution in [2.75, 3.05) is 20.1 Å². The maximum Gasteiger partial charge on any atom is 0.310 e. The third-order valence-corrected chi connectivity index (χ3v) is 6.65. The lowest BCUT2D eigenvalue weighted by Crippen LogP contribution is -2.37. The first-order chi connectivity index (χ1) is 15.2. The van der Waals surface area contributed by atoms with Gasteiger partial charge in [0.1, 0.15) is 5.75 Å². The van der Waals surface area contributed by atoms with Crippen molar-refractivity contribution in [1.82, 2.24) is 4.90 Å². The second-order valence-corrected chi connectivity index (χ2v) is 9.78. The maximum absolute atomic E-state index is 10.8. The number of aromatic hydroxyl groups is 1. The summed E-state index contributed by atoms with van der Waals surface area (Å²) in [7, 11) is 2.21. The number of benzene rings is 2. The molecule has 2 aromatic rings. The first-order valence-corrected chi connectivity index (χ1v) is 12.0. The normalized spacial score (nSPS) is 20.2. The van der Waals surface area contributed by atoms with E-state index in [0.717, 1.165) is 24.9 Å². The topological polar surface area (TPSA) is 60.8 Å². The van der Waals surface area contributed by atoms with Gasteiger partial charge in [-0.3, -0.25) is 4.79 Å². The summed E-state index contributed by atoms with van der Waals surface area (Å²) in [6.07, 6.45) is 5.99. The summed E-state index contributed by atoms with van der Waals surface area (Å²) in [6, 6.07) is 15.7. The van der Waals surface area contributed by atoms with Gasteiger partial charge in [-0.15, -0.1) is 0 Å². The van der Waals surface area contributed by atoms with E-state index in [9.17, 15) is 9.90 Å². The number of carboxylic acids is 1. The molecule has 4 heteroatoms. The number of likely N-dealkylation sites (tertiary alicyclic amines) is 1. The molecule has 2 N–H and O–H groups in total. The molecule has 0 amide bonds. The molecule has 2 atom stereocenters. The third-order valence-electron chi connectivity index (χ3n) is 6.65. The predicted octanol–water partition coefficient (Wildman–Crippen LogP) is 6.23. The minimum atomic E-state index is -0.772. The zero-order valence-corrected chi connectivity index (χ0v) is 20.5. The lowest BCUT2D eigenvalue weighted by Gasteiger charge is -2.35. The largest absolute Gasteiger partial charge is 0.508 e. The number of phenols is 1. The van der Waals surface area contributed by atoms with Gasteiger partial charge in [0.05, 0.1) is 5.92 Å². The quantitative estimate of drug-likeness (QED) is 0.560. The fourth-order valence-electron chi connectivity index (χ4n) is 4.64. The Morgan fingerprint density at radius 3 is 2.34 bits per heavy atom. The third kappa shape index (κ3) is 7.37. The molecule has 0 spiro atoms. The zero-order chi connectivity index (χ0) is 23.7. The highest BCUT2D eigenvalue weighted by molar-refractivity contribution is 5.75. The summed E-state index contributed by atoms with van der Waals surface area (Å²) < 4.78 is 0. The summed E-state index contributed by atoms with van der Waals surface area (Å²) >= 11 is 0. The number of carboxylic acid groups (broad SMARTS) is 1. The van der Waals surface area contributed by atoms with Gasteiger partial charge in [0.15, 0.2) is 0 Å². The summed E-state index contributed by atoms with van der Waals surface area (Å²) in [5.74, 6) is -0.167. The Bertz CT molecular complexity index is 846. The Balaban J connectivity index is 0.000000229. The minimum absolute atomic E-state index is 0.226. The van der Waals surface area contributed by atoms with Gasteiger partial charge in [-0.05, 0) is 80.9 Å². The van der Waals surface area contributed by atoms with E-state index in [2.05, 4.69) is 38.8 Å². The van der Waals surface area contributed by atoms with Gasteiger partial charge in [0, 0.05) is 12.0 Å². The molecule has 3 rings (SSSR count). The van der Waals surface area contributed by atoms with Crippen molar-refractivity contribution >= 4 is 5.97 Å². The minimum Gasteiger partial charge on any atom is -0.508 e. The average Bonchev–Trinajstić information content (AvgIpc) is 2.96. The Morgan fingerprint density at radius 1 is 1.09 bits per heavy atom. The van der Waals surface area contributed by atoms with Crippen molar-refractivity contribution in [2.45, 2.75) is 71.1 Å². The molecule has 2 unspecified atom stereocenters. The number of phenolic OH excluding ortho intramolecular Hbond substituents is 1. The van der Waals surface area contributed by atoms with Crippen LogP contribution >= 0.6 is 0 Å². The van der Waals surface area contributed by atoms with Crippen LogP contribution in [0.25, 0.3) is 0 Å². The van der Waals surface area contributed by atoms with Crippen LogP contribution < -0.4 is 0 Å². The van der Waals surface area contributed by atoms with E-state index in [1.807, 2.05) is 36.4 Å². The molecule has 1 fully saturated rings. The van der Waals surface area contributed by atoms with Crippen molar-refractivity contribution in [3.05, 3.63) is 65.2 Å². The van der Waals surface area contributed by atoms with Crippen LogP contribution in [-0.4, -0.2) is 41.2 Å². The number of rotatable bonds is 6. The highest BCUT2D eigenvalue weighted by Crippen LogP contribution is 2.37. The van der Waals surface area contributed by atoms with E-state index >= 15 is 0 Å². The number of aliphatic carboxylic acids is 1. The second kappa shape index (κ2) is 12.1. The average molecular weight is 440 g/mol. The molecule has 1 saturated heterocycles. The monoisotopic (exact) mass is 439 g/mol. The van der Waals surface area contributed by atoms with Crippen molar-refractivity contribution in [1.29, 1.82) is 0 Å². The van der Waals surface area contributed by atoms with Gasteiger partial charge in [0.2, 0.25) is 0 Å². The fraction of sp³-hybridized carbons (Fsp3) is 0.536. The number of nitrogens with zero attached hydrogens (tertiary/aromatic N) is 1. The molecule has 1 aliphatic heterocycles. The van der Waals surface area contributed by atoms with E-state index < -0.39 is 11.9 Å². The van der Waals surface area contributed by atoms with Crippen LogP contribution in [0.15, 0.2) is 48.5 Å². The molecular weight excluding hydrogens is 398 g/mol. The fourth-order valence-corrected chi connectivity index (χ4v) is 4.64. The molecule has 0 bridgehead atoms. The summed E-state index contributed by atoms with van der Waals surface area (Å²) in [5, 5.41) is 18.5. The van der Waals surface area contributed by atoms with Gasteiger partial charge in [0.25, 0.3) is 0 Å². The van der Waals surface area contributed by atoms with Crippen molar-refractivity contribution in [3.8, 4) is 5.75 Å². The van der Waals surface area contributed by atoms with Crippen LogP contribution in [0.3, 0.4) is 0 Å². The van der Waals surface area contributed by atoms with Crippen molar-refractivity contribution in [2.24, 2.45) is 5.92 Å². The Hall–Kier alpha value is -2.33. The first-order valence-electron chi connectivity index (χ1n) is 12.0. The molecule has 0 aliphatic carbocycles. The SMILES string of the molecule is CC(C)Cc1ccc(C(C)C(=O)O)cc1.CCC1(c2cccc(O)c2)CCCCN(C)C1. The van der Waals surface area contributed by atoms with Crippen LogP contribution in [0, 0.1) is 5.92 Å². The molecular formula is C28H41NO3. The lowest BCUT2D eigenvalue weighted by molar-refractivity contribution is -0.138. The van der Waals surface area contributed by atoms with Crippen molar-refractivity contribution in [3.63, 3.8) is 0 Å². The van der Waals surface area contributed by atoms with Crippen LogP contribution in [0.4, 0.5) is 0 Å². The molecule has 0 radical (unpaired) electrons. The van der Waals surface area contributed by atoms with Gasteiger partial charge in [-0.1, -0.05) is 63.6 Å². The van der Waals surface area contributed by atoms with Gasteiger partial charge < -0.3 is 15.1 Å². The number of likely N-dealkylation sites (N-methyl/N-ethyl adjacent to an activating group) is 1. The molecule has 2 aromatic carbocycles. The first kappa shape index (κ1) is 25.9. The maximum atomic E-state index is 10.8.